The fraction of sp³-hybridized carbons (Fsp3) is 0.231. The molecule has 1 N–H and O–H groups in total. The van der Waals surface area contributed by atoms with Crippen LogP contribution in [-0.4, -0.2) is 45.5 Å². The van der Waals surface area contributed by atoms with Gasteiger partial charge in [0.1, 0.15) is 10.8 Å². The number of carbonyl (C=O) groups is 1. The number of carboxylic acids is 1. The molecule has 0 bridgehead atoms. The van der Waals surface area contributed by atoms with Gasteiger partial charge in [0.05, 0.1) is 19.6 Å². The van der Waals surface area contributed by atoms with Crippen LogP contribution in [-0.2, 0) is 11.3 Å². The Morgan fingerprint density at radius 3 is 2.43 bits per heavy atom. The van der Waals surface area contributed by atoms with E-state index in [1.807, 2.05) is 55.5 Å². The van der Waals surface area contributed by atoms with Gasteiger partial charge in [0, 0.05) is 11.4 Å². The van der Waals surface area contributed by atoms with E-state index in [1.165, 1.54) is 16.4 Å². The van der Waals surface area contributed by atoms with Crippen LogP contribution in [0.1, 0.15) is 12.0 Å². The van der Waals surface area contributed by atoms with Crippen molar-refractivity contribution in [2.24, 2.45) is 0 Å². The lowest BCUT2D eigenvalue weighted by Crippen LogP contribution is -2.27. The molecule has 0 amide bonds. The minimum Gasteiger partial charge on any atom is -0.493 e. The molecule has 180 valence electrons. The fourth-order valence-corrected chi connectivity index (χ4v) is 4.71. The minimum absolute atomic E-state index is 0.156. The van der Waals surface area contributed by atoms with Gasteiger partial charge in [-0.3, -0.25) is 9.59 Å². The van der Waals surface area contributed by atoms with Crippen molar-refractivity contribution in [1.82, 2.24) is 15.0 Å². The van der Waals surface area contributed by atoms with Gasteiger partial charge in [0.15, 0.2) is 11.5 Å². The van der Waals surface area contributed by atoms with Crippen LogP contribution in [0.5, 0.6) is 11.5 Å². The number of thioether (sulfide) groups is 1. The van der Waals surface area contributed by atoms with Gasteiger partial charge in [-0.1, -0.05) is 35.5 Å². The van der Waals surface area contributed by atoms with Crippen LogP contribution in [0, 0.1) is 6.92 Å². The largest absolute Gasteiger partial charge is 0.493 e. The van der Waals surface area contributed by atoms with Crippen LogP contribution < -0.4 is 15.0 Å². The van der Waals surface area contributed by atoms with Gasteiger partial charge in [-0.05, 0) is 60.4 Å². The fourth-order valence-electron chi connectivity index (χ4n) is 3.77. The third-order valence-corrected chi connectivity index (χ3v) is 6.95. The number of ether oxygens (including phenoxy) is 2. The van der Waals surface area contributed by atoms with Crippen LogP contribution in [0.15, 0.2) is 70.4 Å². The summed E-state index contributed by atoms with van der Waals surface area (Å²) in [5, 5.41) is 17.7. The summed E-state index contributed by atoms with van der Waals surface area (Å²) in [4.78, 5) is 25.5. The second-order valence-electron chi connectivity index (χ2n) is 7.92. The van der Waals surface area contributed by atoms with Gasteiger partial charge in [-0.2, -0.15) is 0 Å². The Labute approximate surface area is 206 Å². The van der Waals surface area contributed by atoms with E-state index in [0.717, 1.165) is 21.6 Å². The summed E-state index contributed by atoms with van der Waals surface area (Å²) < 4.78 is 11.9. The zero-order chi connectivity index (χ0) is 24.9. The molecule has 0 aliphatic rings. The van der Waals surface area contributed by atoms with Crippen LogP contribution in [0.4, 0.5) is 0 Å². The van der Waals surface area contributed by atoms with E-state index >= 15 is 0 Å². The number of methoxy groups -OCH3 is 2. The van der Waals surface area contributed by atoms with Gasteiger partial charge < -0.3 is 14.6 Å². The number of hydrogen-bond acceptors (Lipinski definition) is 7. The van der Waals surface area contributed by atoms with Gasteiger partial charge in [-0.15, -0.1) is 16.9 Å². The van der Waals surface area contributed by atoms with Gasteiger partial charge in [-0.25, -0.2) is 4.68 Å². The zero-order valence-corrected chi connectivity index (χ0v) is 20.4. The van der Waals surface area contributed by atoms with Crippen molar-refractivity contribution in [2.45, 2.75) is 30.0 Å². The lowest BCUT2D eigenvalue weighted by molar-refractivity contribution is -0.136. The molecule has 4 aromatic rings. The molecule has 8 nitrogen and oxygen atoms in total. The molecular formula is C26H25N3O5S. The lowest BCUT2D eigenvalue weighted by Gasteiger charge is -2.13. The summed E-state index contributed by atoms with van der Waals surface area (Å²) in [6.07, 6.45) is 0.226. The molecule has 0 aliphatic carbocycles. The van der Waals surface area contributed by atoms with E-state index in [4.69, 9.17) is 9.47 Å². The SMILES string of the molecule is COc1ccc(-c2ccc(SC(CCn3nnc4c(C)cccc4c3=O)C(=O)O)cc2)cc1OC. The van der Waals surface area contributed by atoms with Crippen molar-refractivity contribution in [1.29, 1.82) is 0 Å². The van der Waals surface area contributed by atoms with Gasteiger partial charge in [0.2, 0.25) is 0 Å². The molecule has 0 fully saturated rings. The van der Waals surface area contributed by atoms with E-state index < -0.39 is 11.2 Å². The maximum Gasteiger partial charge on any atom is 0.317 e. The lowest BCUT2D eigenvalue weighted by atomic mass is 10.1. The summed E-state index contributed by atoms with van der Waals surface area (Å²) in [6.45, 7) is 2.03. The number of carboxylic acid groups (broad SMARTS) is 1. The first-order valence-corrected chi connectivity index (χ1v) is 11.8. The monoisotopic (exact) mass is 491 g/mol. The Balaban J connectivity index is 1.47. The van der Waals surface area contributed by atoms with E-state index in [-0.39, 0.29) is 18.5 Å². The van der Waals surface area contributed by atoms with Crippen LogP contribution in [0.3, 0.4) is 0 Å². The number of aliphatic carboxylic acids is 1. The van der Waals surface area contributed by atoms with E-state index in [0.29, 0.717) is 22.4 Å². The summed E-state index contributed by atoms with van der Waals surface area (Å²) in [5.74, 6) is 0.339. The van der Waals surface area contributed by atoms with Crippen LogP contribution in [0.2, 0.25) is 0 Å². The molecule has 4 rings (SSSR count). The van der Waals surface area contributed by atoms with Crippen LogP contribution >= 0.6 is 11.8 Å². The standard InChI is InChI=1S/C26H25N3O5S/c1-16-5-4-6-20-24(16)27-28-29(25(20)30)14-13-23(26(31)32)35-19-10-7-17(8-11-19)18-9-12-21(33-2)22(15-18)34-3/h4-12,15,23H,13-14H2,1-3H3,(H,31,32). The molecule has 9 heteroatoms. The quantitative estimate of drug-likeness (QED) is 0.343. The molecule has 1 heterocycles. The Morgan fingerprint density at radius 2 is 1.74 bits per heavy atom. The highest BCUT2D eigenvalue weighted by molar-refractivity contribution is 8.00. The minimum atomic E-state index is -0.948. The number of fused-ring (bicyclic) bond motifs is 1. The second-order valence-corrected chi connectivity index (χ2v) is 9.19. The topological polar surface area (TPSA) is 104 Å². The molecule has 1 atom stereocenters. The third kappa shape index (κ3) is 5.30. The smallest absolute Gasteiger partial charge is 0.317 e. The maximum absolute atomic E-state index is 12.8. The molecule has 0 saturated carbocycles. The Morgan fingerprint density at radius 1 is 1.03 bits per heavy atom. The predicted molar refractivity (Wildman–Crippen MR) is 135 cm³/mol. The van der Waals surface area contributed by atoms with E-state index in [2.05, 4.69) is 10.3 Å². The van der Waals surface area contributed by atoms with E-state index in [1.54, 1.807) is 26.4 Å². The highest BCUT2D eigenvalue weighted by Gasteiger charge is 2.20. The first-order chi connectivity index (χ1) is 16.9. The highest BCUT2D eigenvalue weighted by Crippen LogP contribution is 2.34. The molecule has 1 aromatic heterocycles. The second kappa shape index (κ2) is 10.6. The summed E-state index contributed by atoms with van der Waals surface area (Å²) in [6, 6.07) is 18.7. The molecule has 0 radical (unpaired) electrons. The van der Waals surface area contributed by atoms with E-state index in [9.17, 15) is 14.7 Å². The molecule has 1 unspecified atom stereocenters. The van der Waals surface area contributed by atoms with Gasteiger partial charge in [0.25, 0.3) is 5.56 Å². The molecule has 0 spiro atoms. The predicted octanol–water partition coefficient (Wildman–Crippen LogP) is 4.42. The molecule has 3 aromatic carbocycles. The average molecular weight is 492 g/mol. The molecule has 35 heavy (non-hydrogen) atoms. The number of aryl methyl sites for hydroxylation is 2. The molecule has 0 saturated heterocycles. The summed E-state index contributed by atoms with van der Waals surface area (Å²) >= 11 is 1.24. The van der Waals surface area contributed by atoms with Crippen LogP contribution in [0.25, 0.3) is 22.0 Å². The Bertz CT molecular complexity index is 1420. The van der Waals surface area contributed by atoms with Crippen molar-refractivity contribution in [3.05, 3.63) is 76.6 Å². The number of aromatic nitrogens is 3. The number of benzene rings is 3. The Kier molecular flexibility index (Phi) is 7.36. The first-order valence-electron chi connectivity index (χ1n) is 11.0. The first kappa shape index (κ1) is 24.3. The third-order valence-electron chi connectivity index (χ3n) is 5.68. The van der Waals surface area contributed by atoms with Crippen molar-refractivity contribution in [2.75, 3.05) is 14.2 Å². The Hall–Kier alpha value is -3.85. The number of nitrogens with zero attached hydrogens (tertiary/aromatic N) is 3. The normalized spacial score (nSPS) is 11.9. The van der Waals surface area contributed by atoms with Crippen molar-refractivity contribution in [3.63, 3.8) is 0 Å². The molecule has 0 aliphatic heterocycles. The zero-order valence-electron chi connectivity index (χ0n) is 19.6. The maximum atomic E-state index is 12.8. The summed E-state index contributed by atoms with van der Waals surface area (Å²) in [7, 11) is 3.18. The van der Waals surface area contributed by atoms with Crippen molar-refractivity contribution >= 4 is 28.6 Å². The van der Waals surface area contributed by atoms with Gasteiger partial charge >= 0.3 is 5.97 Å². The number of hydrogen-bond donors (Lipinski definition) is 1. The highest BCUT2D eigenvalue weighted by atomic mass is 32.2. The average Bonchev–Trinajstić information content (AvgIpc) is 2.87. The number of rotatable bonds is 9. The summed E-state index contributed by atoms with van der Waals surface area (Å²) in [5.41, 5.74) is 3.09. The molecular weight excluding hydrogens is 466 g/mol. The van der Waals surface area contributed by atoms with Crippen molar-refractivity contribution in [3.8, 4) is 22.6 Å². The van der Waals surface area contributed by atoms with Crippen molar-refractivity contribution < 1.29 is 19.4 Å².